The number of nitrogens with two attached hydrogens (primary N) is 1. The number of likely N-dealkylation sites (N-methyl/N-ethyl adjacent to an activating group) is 1. The summed E-state index contributed by atoms with van der Waals surface area (Å²) in [4.78, 5) is 26.7. The number of hydrogen-bond acceptors (Lipinski definition) is 5. The van der Waals surface area contributed by atoms with Gasteiger partial charge in [-0.05, 0) is 25.9 Å². The Morgan fingerprint density at radius 3 is 2.52 bits per heavy atom. The van der Waals surface area contributed by atoms with Crippen molar-refractivity contribution in [3.8, 4) is 0 Å². The molecule has 0 aromatic carbocycles. The first-order chi connectivity index (χ1) is 9.81. The van der Waals surface area contributed by atoms with Crippen LogP contribution in [-0.2, 0) is 13.6 Å². The van der Waals surface area contributed by atoms with E-state index in [2.05, 4.69) is 10.2 Å². The summed E-state index contributed by atoms with van der Waals surface area (Å²) in [5.41, 5.74) is 5.72. The Morgan fingerprint density at radius 1 is 1.33 bits per heavy atom. The smallest absolute Gasteiger partial charge is 0.332 e. The lowest BCUT2D eigenvalue weighted by Gasteiger charge is -2.20. The second-order valence-corrected chi connectivity index (χ2v) is 6.30. The minimum absolute atomic E-state index is 0.190. The average molecular weight is 295 g/mol. The topological polar surface area (TPSA) is 85.3 Å². The third-order valence-corrected chi connectivity index (χ3v) is 3.87. The number of anilines is 2. The maximum atomic E-state index is 12.3. The molecular formula is C14H25N5O2. The van der Waals surface area contributed by atoms with Crippen molar-refractivity contribution in [2.45, 2.75) is 32.9 Å². The number of hydrogen-bond donors (Lipinski definition) is 2. The maximum absolute atomic E-state index is 12.3. The fourth-order valence-electron chi connectivity index (χ4n) is 2.72. The molecule has 1 atom stereocenters. The zero-order valence-corrected chi connectivity index (χ0v) is 13.2. The Labute approximate surface area is 124 Å². The van der Waals surface area contributed by atoms with E-state index < -0.39 is 0 Å². The molecule has 0 aliphatic carbocycles. The van der Waals surface area contributed by atoms with Crippen molar-refractivity contribution in [2.24, 2.45) is 13.0 Å². The number of likely N-dealkylation sites (tertiary alicyclic amines) is 1. The van der Waals surface area contributed by atoms with Gasteiger partial charge in [0.15, 0.2) is 0 Å². The SMILES string of the molecule is CC(C)Cn1c(N)c(NC2CCN(C)C2)c(=O)n(C)c1=O. The Morgan fingerprint density at radius 2 is 2.00 bits per heavy atom. The third-order valence-electron chi connectivity index (χ3n) is 3.87. The van der Waals surface area contributed by atoms with Crippen LogP contribution >= 0.6 is 0 Å². The highest BCUT2D eigenvalue weighted by molar-refractivity contribution is 5.61. The summed E-state index contributed by atoms with van der Waals surface area (Å²) >= 11 is 0. The molecule has 0 spiro atoms. The van der Waals surface area contributed by atoms with Gasteiger partial charge >= 0.3 is 5.69 Å². The molecule has 1 aliphatic rings. The summed E-state index contributed by atoms with van der Waals surface area (Å²) < 4.78 is 2.60. The van der Waals surface area contributed by atoms with Gasteiger partial charge in [-0.1, -0.05) is 13.8 Å². The van der Waals surface area contributed by atoms with Crippen LogP contribution in [0.3, 0.4) is 0 Å². The van der Waals surface area contributed by atoms with Crippen LogP contribution in [0.1, 0.15) is 20.3 Å². The summed E-state index contributed by atoms with van der Waals surface area (Å²) in [6, 6.07) is 0.190. The number of aromatic nitrogens is 2. The molecule has 0 amide bonds. The first kappa shape index (κ1) is 15.6. The van der Waals surface area contributed by atoms with Gasteiger partial charge in [0.25, 0.3) is 5.56 Å². The van der Waals surface area contributed by atoms with Gasteiger partial charge < -0.3 is 16.0 Å². The van der Waals surface area contributed by atoms with E-state index in [9.17, 15) is 9.59 Å². The molecule has 1 fully saturated rings. The highest BCUT2D eigenvalue weighted by Gasteiger charge is 2.23. The van der Waals surface area contributed by atoms with E-state index in [-0.39, 0.29) is 29.0 Å². The summed E-state index contributed by atoms with van der Waals surface area (Å²) in [6.07, 6.45) is 0.961. The molecule has 3 N–H and O–H groups in total. The second-order valence-electron chi connectivity index (χ2n) is 6.30. The summed E-state index contributed by atoms with van der Waals surface area (Å²) in [7, 11) is 3.54. The molecule has 1 aromatic heterocycles. The normalized spacial score (nSPS) is 19.4. The lowest BCUT2D eigenvalue weighted by atomic mass is 10.2. The van der Waals surface area contributed by atoms with Gasteiger partial charge in [0.05, 0.1) is 0 Å². The summed E-state index contributed by atoms with van der Waals surface area (Å²) in [5.74, 6) is 0.513. The van der Waals surface area contributed by atoms with Gasteiger partial charge in [-0.3, -0.25) is 13.9 Å². The average Bonchev–Trinajstić information content (AvgIpc) is 2.83. The molecule has 0 radical (unpaired) electrons. The van der Waals surface area contributed by atoms with Gasteiger partial charge in [0.1, 0.15) is 11.5 Å². The molecule has 1 aliphatic heterocycles. The van der Waals surface area contributed by atoms with E-state index in [1.165, 1.54) is 11.6 Å². The standard InChI is InChI=1S/C14H25N5O2/c1-9(2)7-19-12(15)11(13(20)18(4)14(19)21)16-10-5-6-17(3)8-10/h9-10,16H,5-8,15H2,1-4H3. The zero-order chi connectivity index (χ0) is 15.7. The Balaban J connectivity index is 2.42. The van der Waals surface area contributed by atoms with Crippen molar-refractivity contribution in [1.82, 2.24) is 14.0 Å². The van der Waals surface area contributed by atoms with Crippen LogP contribution in [0, 0.1) is 5.92 Å². The number of nitrogens with zero attached hydrogens (tertiary/aromatic N) is 3. The van der Waals surface area contributed by atoms with Crippen molar-refractivity contribution in [2.75, 3.05) is 31.2 Å². The van der Waals surface area contributed by atoms with Crippen LogP contribution in [0.15, 0.2) is 9.59 Å². The second kappa shape index (κ2) is 5.93. The first-order valence-corrected chi connectivity index (χ1v) is 7.35. The van der Waals surface area contributed by atoms with Crippen LogP contribution in [-0.4, -0.2) is 40.2 Å². The van der Waals surface area contributed by atoms with E-state index in [4.69, 9.17) is 5.73 Å². The van der Waals surface area contributed by atoms with Crippen molar-refractivity contribution < 1.29 is 0 Å². The minimum Gasteiger partial charge on any atom is -0.383 e. The molecular weight excluding hydrogens is 270 g/mol. The highest BCUT2D eigenvalue weighted by atomic mass is 16.2. The fourth-order valence-corrected chi connectivity index (χ4v) is 2.72. The quantitative estimate of drug-likeness (QED) is 0.810. The largest absolute Gasteiger partial charge is 0.383 e. The molecule has 2 rings (SSSR count). The third kappa shape index (κ3) is 3.12. The van der Waals surface area contributed by atoms with Crippen molar-refractivity contribution in [3.63, 3.8) is 0 Å². The molecule has 7 heteroatoms. The predicted molar refractivity (Wildman–Crippen MR) is 84.7 cm³/mol. The maximum Gasteiger partial charge on any atom is 0.332 e. The molecule has 2 heterocycles. The summed E-state index contributed by atoms with van der Waals surface area (Å²) in [6.45, 7) is 6.37. The van der Waals surface area contributed by atoms with Crippen LogP contribution in [0.2, 0.25) is 0 Å². The van der Waals surface area contributed by atoms with Crippen LogP contribution in [0.25, 0.3) is 0 Å². The molecule has 7 nitrogen and oxygen atoms in total. The molecule has 1 unspecified atom stereocenters. The van der Waals surface area contributed by atoms with Gasteiger partial charge in [-0.15, -0.1) is 0 Å². The molecule has 118 valence electrons. The van der Waals surface area contributed by atoms with Crippen LogP contribution in [0.5, 0.6) is 0 Å². The first-order valence-electron chi connectivity index (χ1n) is 7.35. The van der Waals surface area contributed by atoms with E-state index in [1.54, 1.807) is 0 Å². The van der Waals surface area contributed by atoms with Crippen LogP contribution in [0.4, 0.5) is 11.5 Å². The summed E-state index contributed by atoms with van der Waals surface area (Å²) in [5, 5.41) is 3.23. The fraction of sp³-hybridized carbons (Fsp3) is 0.714. The molecule has 21 heavy (non-hydrogen) atoms. The number of nitrogen functional groups attached to an aromatic ring is 1. The van der Waals surface area contributed by atoms with Gasteiger partial charge in [-0.25, -0.2) is 4.79 Å². The Bertz CT molecular complexity index is 631. The molecule has 1 aromatic rings. The van der Waals surface area contributed by atoms with E-state index in [1.807, 2.05) is 20.9 Å². The van der Waals surface area contributed by atoms with Crippen molar-refractivity contribution in [3.05, 3.63) is 20.8 Å². The Hall–Kier alpha value is -1.76. The lowest BCUT2D eigenvalue weighted by Crippen LogP contribution is -2.42. The molecule has 0 saturated carbocycles. The van der Waals surface area contributed by atoms with Gasteiger partial charge in [0, 0.05) is 26.2 Å². The van der Waals surface area contributed by atoms with Crippen molar-refractivity contribution in [1.29, 1.82) is 0 Å². The van der Waals surface area contributed by atoms with E-state index >= 15 is 0 Å². The van der Waals surface area contributed by atoms with E-state index in [0.717, 1.165) is 24.1 Å². The molecule has 1 saturated heterocycles. The Kier molecular flexibility index (Phi) is 4.41. The highest BCUT2D eigenvalue weighted by Crippen LogP contribution is 2.17. The number of nitrogens with one attached hydrogen (secondary N) is 1. The van der Waals surface area contributed by atoms with Gasteiger partial charge in [0.2, 0.25) is 0 Å². The minimum atomic E-state index is -0.361. The van der Waals surface area contributed by atoms with Gasteiger partial charge in [-0.2, -0.15) is 0 Å². The predicted octanol–water partition coefficient (Wildman–Crippen LogP) is -0.0988. The van der Waals surface area contributed by atoms with Crippen molar-refractivity contribution >= 4 is 11.5 Å². The molecule has 0 bridgehead atoms. The zero-order valence-electron chi connectivity index (χ0n) is 13.2. The number of rotatable bonds is 4. The van der Waals surface area contributed by atoms with Crippen LogP contribution < -0.4 is 22.3 Å². The lowest BCUT2D eigenvalue weighted by molar-refractivity contribution is 0.414. The monoisotopic (exact) mass is 295 g/mol. The van der Waals surface area contributed by atoms with E-state index in [0.29, 0.717) is 12.2 Å².